The van der Waals surface area contributed by atoms with E-state index in [0.29, 0.717) is 6.61 Å². The first-order valence-electron chi connectivity index (χ1n) is 10.7. The molecule has 3 nitrogen and oxygen atoms in total. The number of esters is 1. The zero-order valence-electron chi connectivity index (χ0n) is 18.2. The van der Waals surface area contributed by atoms with Gasteiger partial charge in [-0.05, 0) is 30.5 Å². The van der Waals surface area contributed by atoms with Crippen molar-refractivity contribution in [1.29, 1.82) is 0 Å². The van der Waals surface area contributed by atoms with E-state index in [1.165, 1.54) is 0 Å². The van der Waals surface area contributed by atoms with Gasteiger partial charge < -0.3 is 9.47 Å². The van der Waals surface area contributed by atoms with Gasteiger partial charge in [0.25, 0.3) is 0 Å². The van der Waals surface area contributed by atoms with Crippen LogP contribution >= 0.6 is 0 Å². The minimum absolute atomic E-state index is 0.0162. The molecule has 1 fully saturated rings. The molecular weight excluding hydrogens is 384 g/mol. The van der Waals surface area contributed by atoms with Crippen molar-refractivity contribution in [3.8, 4) is 0 Å². The first kappa shape index (κ1) is 21.1. The first-order chi connectivity index (χ1) is 15.0. The molecule has 0 bridgehead atoms. The largest absolute Gasteiger partial charge is 0.456 e. The van der Waals surface area contributed by atoms with Crippen molar-refractivity contribution < 1.29 is 14.3 Å². The molecule has 0 amide bonds. The Labute approximate surface area is 184 Å². The highest BCUT2D eigenvalue weighted by molar-refractivity contribution is 5.92. The average Bonchev–Trinajstić information content (AvgIpc) is 3.09. The fourth-order valence-electron chi connectivity index (χ4n) is 4.49. The molecule has 1 saturated heterocycles. The van der Waals surface area contributed by atoms with Crippen molar-refractivity contribution in [1.82, 2.24) is 0 Å². The Bertz CT molecular complexity index is 955. The lowest BCUT2D eigenvalue weighted by atomic mass is 9.80. The second-order valence-corrected chi connectivity index (χ2v) is 8.24. The van der Waals surface area contributed by atoms with Gasteiger partial charge in [-0.15, -0.1) is 0 Å². The molecule has 2 atom stereocenters. The molecule has 3 aromatic carbocycles. The van der Waals surface area contributed by atoms with Crippen LogP contribution < -0.4 is 0 Å². The summed E-state index contributed by atoms with van der Waals surface area (Å²) in [6.45, 7) is 6.25. The lowest BCUT2D eigenvalue weighted by Crippen LogP contribution is -2.36. The van der Waals surface area contributed by atoms with Gasteiger partial charge in [-0.2, -0.15) is 0 Å². The molecule has 1 aliphatic heterocycles. The summed E-state index contributed by atoms with van der Waals surface area (Å²) >= 11 is 0. The van der Waals surface area contributed by atoms with Crippen LogP contribution in [0, 0.1) is 5.92 Å². The Kier molecular flexibility index (Phi) is 6.06. The van der Waals surface area contributed by atoms with E-state index in [4.69, 9.17) is 9.47 Å². The number of benzene rings is 3. The molecule has 1 aliphatic rings. The molecule has 0 radical (unpaired) electrons. The number of cyclic esters (lactones) is 1. The zero-order valence-corrected chi connectivity index (χ0v) is 18.2. The molecule has 0 N–H and O–H groups in total. The van der Waals surface area contributed by atoms with Crippen molar-refractivity contribution in [2.24, 2.45) is 5.92 Å². The standard InChI is InChI=1S/C28H28O3/c1-20(2)26-21(3)25(31-27(26)29)19-30-28(22-13-7-4-8-14-22,23-15-9-5-10-16-23)24-17-11-6-12-18-24/h4-18,21,25H,19H2,1-3H3/t21-,25-/m1/s1. The van der Waals surface area contributed by atoms with Crippen LogP contribution in [0.5, 0.6) is 0 Å². The van der Waals surface area contributed by atoms with Crippen molar-refractivity contribution >= 4 is 5.97 Å². The van der Waals surface area contributed by atoms with E-state index >= 15 is 0 Å². The van der Waals surface area contributed by atoms with Crippen LogP contribution in [0.25, 0.3) is 0 Å². The van der Waals surface area contributed by atoms with Gasteiger partial charge in [0.15, 0.2) is 0 Å². The minimum Gasteiger partial charge on any atom is -0.456 e. The molecule has 0 aliphatic carbocycles. The first-order valence-corrected chi connectivity index (χ1v) is 10.7. The van der Waals surface area contributed by atoms with Gasteiger partial charge in [0.2, 0.25) is 0 Å². The Hall–Kier alpha value is -3.17. The van der Waals surface area contributed by atoms with E-state index in [2.05, 4.69) is 36.4 Å². The minimum atomic E-state index is -0.816. The number of carbonyl (C=O) groups excluding carboxylic acids is 1. The summed E-state index contributed by atoms with van der Waals surface area (Å²) in [6.07, 6.45) is -0.326. The van der Waals surface area contributed by atoms with E-state index < -0.39 is 5.60 Å². The zero-order chi connectivity index (χ0) is 21.8. The number of hydrogen-bond donors (Lipinski definition) is 0. The lowest BCUT2D eigenvalue weighted by Gasteiger charge is -2.37. The third kappa shape index (κ3) is 3.94. The maximum Gasteiger partial charge on any atom is 0.334 e. The van der Waals surface area contributed by atoms with Gasteiger partial charge in [-0.3, -0.25) is 0 Å². The van der Waals surface area contributed by atoms with E-state index in [9.17, 15) is 4.79 Å². The highest BCUT2D eigenvalue weighted by Gasteiger charge is 2.42. The lowest BCUT2D eigenvalue weighted by molar-refractivity contribution is -0.143. The van der Waals surface area contributed by atoms with E-state index in [0.717, 1.165) is 27.8 Å². The Morgan fingerprint density at radius 1 is 0.806 bits per heavy atom. The number of carbonyl (C=O) groups is 1. The molecule has 158 valence electrons. The van der Waals surface area contributed by atoms with Crippen molar-refractivity contribution in [2.45, 2.75) is 32.5 Å². The number of rotatable bonds is 6. The monoisotopic (exact) mass is 412 g/mol. The molecule has 0 unspecified atom stereocenters. The summed E-state index contributed by atoms with van der Waals surface area (Å²) in [7, 11) is 0. The SMILES string of the molecule is CC(C)=C1C(=O)O[C@H](COC(c2ccccc2)(c2ccccc2)c2ccccc2)[C@H]1C. The number of allylic oxidation sites excluding steroid dienone is 1. The van der Waals surface area contributed by atoms with Crippen LogP contribution in [0.2, 0.25) is 0 Å². The summed E-state index contributed by atoms with van der Waals surface area (Å²) in [5, 5.41) is 0. The smallest absolute Gasteiger partial charge is 0.334 e. The average molecular weight is 413 g/mol. The van der Waals surface area contributed by atoms with Crippen LogP contribution in [0.1, 0.15) is 37.5 Å². The van der Waals surface area contributed by atoms with E-state index in [1.54, 1.807) is 0 Å². The molecule has 3 heteroatoms. The third-order valence-electron chi connectivity index (χ3n) is 6.04. The van der Waals surface area contributed by atoms with Crippen LogP contribution in [-0.4, -0.2) is 18.7 Å². The molecule has 31 heavy (non-hydrogen) atoms. The van der Waals surface area contributed by atoms with Crippen molar-refractivity contribution in [3.05, 3.63) is 119 Å². The van der Waals surface area contributed by atoms with Crippen LogP contribution in [0.4, 0.5) is 0 Å². The molecular formula is C28H28O3. The fourth-order valence-corrected chi connectivity index (χ4v) is 4.49. The second kappa shape index (κ2) is 8.91. The summed E-state index contributed by atoms with van der Waals surface area (Å²) in [5.41, 5.74) is 4.05. The fraction of sp³-hybridized carbons (Fsp3) is 0.250. The molecule has 0 spiro atoms. The predicted octanol–water partition coefficient (Wildman–Crippen LogP) is 5.89. The third-order valence-corrected chi connectivity index (χ3v) is 6.04. The maximum absolute atomic E-state index is 12.4. The summed E-state index contributed by atoms with van der Waals surface area (Å²) in [6, 6.07) is 30.7. The summed E-state index contributed by atoms with van der Waals surface area (Å²) < 4.78 is 12.5. The highest BCUT2D eigenvalue weighted by atomic mass is 16.6. The normalized spacial score (nSPS) is 18.7. The molecule has 1 heterocycles. The Morgan fingerprint density at radius 3 is 1.58 bits per heavy atom. The van der Waals surface area contributed by atoms with Gasteiger partial charge in [-0.1, -0.05) is 103 Å². The Morgan fingerprint density at radius 2 is 1.23 bits per heavy atom. The summed E-state index contributed by atoms with van der Waals surface area (Å²) in [4.78, 5) is 12.4. The molecule has 3 aromatic rings. The molecule has 0 saturated carbocycles. The topological polar surface area (TPSA) is 35.5 Å². The van der Waals surface area contributed by atoms with Crippen LogP contribution in [0.15, 0.2) is 102 Å². The predicted molar refractivity (Wildman–Crippen MR) is 123 cm³/mol. The van der Waals surface area contributed by atoms with Gasteiger partial charge in [-0.25, -0.2) is 4.79 Å². The molecule has 0 aromatic heterocycles. The second-order valence-electron chi connectivity index (χ2n) is 8.24. The van der Waals surface area contributed by atoms with Gasteiger partial charge in [0, 0.05) is 11.5 Å². The van der Waals surface area contributed by atoms with Gasteiger partial charge in [0.05, 0.1) is 6.61 Å². The summed E-state index contributed by atoms with van der Waals surface area (Å²) in [5.74, 6) is -0.247. The number of ether oxygens (including phenoxy) is 2. The molecule has 4 rings (SSSR count). The highest BCUT2D eigenvalue weighted by Crippen LogP contribution is 2.41. The van der Waals surface area contributed by atoms with E-state index in [1.807, 2.05) is 75.4 Å². The quantitative estimate of drug-likeness (QED) is 0.288. The number of hydrogen-bond acceptors (Lipinski definition) is 3. The van der Waals surface area contributed by atoms with E-state index in [-0.39, 0.29) is 18.0 Å². The van der Waals surface area contributed by atoms with Crippen LogP contribution in [-0.2, 0) is 19.9 Å². The van der Waals surface area contributed by atoms with Gasteiger partial charge >= 0.3 is 5.97 Å². The Balaban J connectivity index is 1.80. The van der Waals surface area contributed by atoms with Gasteiger partial charge in [0.1, 0.15) is 11.7 Å². The van der Waals surface area contributed by atoms with Crippen LogP contribution in [0.3, 0.4) is 0 Å². The maximum atomic E-state index is 12.4. The van der Waals surface area contributed by atoms with Crippen molar-refractivity contribution in [2.75, 3.05) is 6.61 Å². The van der Waals surface area contributed by atoms with Crippen molar-refractivity contribution in [3.63, 3.8) is 0 Å².